The molecule has 0 radical (unpaired) electrons. The Kier molecular flexibility index (Phi) is 4.80. The van der Waals surface area contributed by atoms with E-state index in [4.69, 9.17) is 4.74 Å². The second-order valence-electron chi connectivity index (χ2n) is 5.58. The third-order valence-corrected chi connectivity index (χ3v) is 4.30. The second-order valence-corrected chi connectivity index (χ2v) is 5.58. The van der Waals surface area contributed by atoms with Gasteiger partial charge in [0, 0.05) is 12.6 Å². The van der Waals surface area contributed by atoms with Crippen LogP contribution in [0, 0.1) is 0 Å². The summed E-state index contributed by atoms with van der Waals surface area (Å²) in [6.45, 7) is 4.13. The van der Waals surface area contributed by atoms with Gasteiger partial charge in [-0.1, -0.05) is 0 Å². The van der Waals surface area contributed by atoms with Crippen LogP contribution in [0.4, 0.5) is 0 Å². The first-order valence-corrected chi connectivity index (χ1v) is 7.25. The van der Waals surface area contributed by atoms with Crippen LogP contribution in [0.5, 0.6) is 0 Å². The van der Waals surface area contributed by atoms with Crippen molar-refractivity contribution in [3.05, 3.63) is 0 Å². The maximum atomic E-state index is 12.4. The molecule has 2 saturated heterocycles. The van der Waals surface area contributed by atoms with Gasteiger partial charge in [0.15, 0.2) is 0 Å². The van der Waals surface area contributed by atoms with Gasteiger partial charge in [-0.2, -0.15) is 0 Å². The molecule has 5 heteroatoms. The molecule has 0 aromatic rings. The van der Waals surface area contributed by atoms with Gasteiger partial charge in [-0.25, -0.2) is 0 Å². The zero-order valence-corrected chi connectivity index (χ0v) is 11.9. The van der Waals surface area contributed by atoms with Crippen LogP contribution in [-0.4, -0.2) is 60.5 Å². The molecule has 2 heterocycles. The number of amides is 1. The number of ether oxygens (including phenoxy) is 1. The molecule has 0 aromatic carbocycles. The van der Waals surface area contributed by atoms with Crippen LogP contribution < -0.4 is 0 Å². The molecule has 2 rings (SSSR count). The van der Waals surface area contributed by atoms with Crippen molar-refractivity contribution in [1.82, 2.24) is 9.80 Å². The molecule has 108 valence electrons. The fraction of sp³-hybridized carbons (Fsp3) is 0.857. The van der Waals surface area contributed by atoms with E-state index in [0.29, 0.717) is 12.6 Å². The van der Waals surface area contributed by atoms with Gasteiger partial charge in [-0.15, -0.1) is 0 Å². The number of methoxy groups -OCH3 is 1. The maximum Gasteiger partial charge on any atom is 0.323 e. The van der Waals surface area contributed by atoms with Crippen molar-refractivity contribution in [3.8, 4) is 0 Å². The Morgan fingerprint density at radius 1 is 1.16 bits per heavy atom. The minimum atomic E-state index is -0.228. The fourth-order valence-corrected chi connectivity index (χ4v) is 3.15. The Balaban J connectivity index is 1.92. The van der Waals surface area contributed by atoms with Crippen molar-refractivity contribution in [2.75, 3.05) is 26.7 Å². The van der Waals surface area contributed by atoms with Crippen molar-refractivity contribution in [2.45, 2.75) is 51.1 Å². The first-order chi connectivity index (χ1) is 9.13. The van der Waals surface area contributed by atoms with Crippen molar-refractivity contribution in [1.29, 1.82) is 0 Å². The second kappa shape index (κ2) is 6.37. The SMILES string of the molecule is COC(=O)[C@@H]1CCCN1CC(=O)N1CCCC[C@@H]1C. The van der Waals surface area contributed by atoms with Gasteiger partial charge in [-0.05, 0) is 45.6 Å². The largest absolute Gasteiger partial charge is 0.468 e. The number of hydrogen-bond donors (Lipinski definition) is 0. The average Bonchev–Trinajstić information content (AvgIpc) is 2.86. The molecule has 0 spiro atoms. The molecule has 0 N–H and O–H groups in total. The predicted molar refractivity (Wildman–Crippen MR) is 71.6 cm³/mol. The Morgan fingerprint density at radius 3 is 2.63 bits per heavy atom. The van der Waals surface area contributed by atoms with Crippen LogP contribution in [0.15, 0.2) is 0 Å². The van der Waals surface area contributed by atoms with Crippen LogP contribution in [0.3, 0.4) is 0 Å². The number of rotatable bonds is 3. The molecule has 0 unspecified atom stereocenters. The normalized spacial score (nSPS) is 28.4. The lowest BCUT2D eigenvalue weighted by molar-refractivity contribution is -0.147. The highest BCUT2D eigenvalue weighted by Crippen LogP contribution is 2.21. The highest BCUT2D eigenvalue weighted by Gasteiger charge is 2.34. The van der Waals surface area contributed by atoms with Gasteiger partial charge in [0.05, 0.1) is 13.7 Å². The third kappa shape index (κ3) is 3.26. The monoisotopic (exact) mass is 268 g/mol. The van der Waals surface area contributed by atoms with E-state index in [0.717, 1.165) is 38.8 Å². The van der Waals surface area contributed by atoms with Gasteiger partial charge in [0.2, 0.25) is 5.91 Å². The smallest absolute Gasteiger partial charge is 0.323 e. The zero-order valence-electron chi connectivity index (χ0n) is 11.9. The molecular formula is C14H24N2O3. The topological polar surface area (TPSA) is 49.9 Å². The van der Waals surface area contributed by atoms with Gasteiger partial charge >= 0.3 is 5.97 Å². The summed E-state index contributed by atoms with van der Waals surface area (Å²) in [5.74, 6) is -0.0556. The van der Waals surface area contributed by atoms with Crippen LogP contribution >= 0.6 is 0 Å². The molecule has 2 atom stereocenters. The number of carbonyl (C=O) groups excluding carboxylic acids is 2. The first kappa shape index (κ1) is 14.3. The first-order valence-electron chi connectivity index (χ1n) is 7.25. The lowest BCUT2D eigenvalue weighted by Gasteiger charge is -2.35. The lowest BCUT2D eigenvalue weighted by Crippen LogP contribution is -2.49. The van der Waals surface area contributed by atoms with E-state index in [2.05, 4.69) is 6.92 Å². The Hall–Kier alpha value is -1.10. The van der Waals surface area contributed by atoms with Gasteiger partial charge in [0.25, 0.3) is 0 Å². The van der Waals surface area contributed by atoms with E-state index < -0.39 is 0 Å². The summed E-state index contributed by atoms with van der Waals surface area (Å²) in [6.07, 6.45) is 5.15. The Labute approximate surface area is 114 Å². The molecule has 5 nitrogen and oxygen atoms in total. The molecule has 0 aliphatic carbocycles. The Morgan fingerprint density at radius 2 is 1.95 bits per heavy atom. The van der Waals surface area contributed by atoms with Crippen LogP contribution in [0.25, 0.3) is 0 Å². The number of piperidine rings is 1. The summed E-state index contributed by atoms with van der Waals surface area (Å²) in [5.41, 5.74) is 0. The minimum Gasteiger partial charge on any atom is -0.468 e. The fourth-order valence-electron chi connectivity index (χ4n) is 3.15. The van der Waals surface area contributed by atoms with E-state index in [9.17, 15) is 9.59 Å². The minimum absolute atomic E-state index is 0.156. The van der Waals surface area contributed by atoms with Crippen LogP contribution in [0.1, 0.15) is 39.0 Å². The highest BCUT2D eigenvalue weighted by molar-refractivity contribution is 5.81. The summed E-state index contributed by atoms with van der Waals surface area (Å²) in [4.78, 5) is 27.9. The number of carbonyl (C=O) groups is 2. The van der Waals surface area contributed by atoms with Crippen LogP contribution in [0.2, 0.25) is 0 Å². The predicted octanol–water partition coefficient (Wildman–Crippen LogP) is 1.02. The van der Waals surface area contributed by atoms with Crippen molar-refractivity contribution >= 4 is 11.9 Å². The molecule has 0 saturated carbocycles. The van der Waals surface area contributed by atoms with Gasteiger partial charge in [0.1, 0.15) is 6.04 Å². The van der Waals surface area contributed by atoms with E-state index in [1.807, 2.05) is 9.80 Å². The summed E-state index contributed by atoms with van der Waals surface area (Å²) in [7, 11) is 1.41. The van der Waals surface area contributed by atoms with E-state index in [-0.39, 0.29) is 17.9 Å². The van der Waals surface area contributed by atoms with Crippen molar-refractivity contribution < 1.29 is 14.3 Å². The molecule has 0 aromatic heterocycles. The summed E-state index contributed by atoms with van der Waals surface area (Å²) >= 11 is 0. The van der Waals surface area contributed by atoms with Gasteiger partial charge < -0.3 is 9.64 Å². The van der Waals surface area contributed by atoms with Crippen LogP contribution in [-0.2, 0) is 14.3 Å². The molecule has 2 aliphatic heterocycles. The zero-order chi connectivity index (χ0) is 13.8. The highest BCUT2D eigenvalue weighted by atomic mass is 16.5. The number of nitrogens with zero attached hydrogens (tertiary/aromatic N) is 2. The summed E-state index contributed by atoms with van der Waals surface area (Å²) in [6, 6.07) is 0.106. The van der Waals surface area contributed by atoms with E-state index in [1.54, 1.807) is 0 Å². The van der Waals surface area contributed by atoms with Crippen molar-refractivity contribution in [3.63, 3.8) is 0 Å². The third-order valence-electron chi connectivity index (χ3n) is 4.30. The maximum absolute atomic E-state index is 12.4. The molecule has 1 amide bonds. The molecule has 0 bridgehead atoms. The molecule has 2 fully saturated rings. The number of likely N-dealkylation sites (tertiary alicyclic amines) is 2. The molecular weight excluding hydrogens is 244 g/mol. The van der Waals surface area contributed by atoms with Crippen molar-refractivity contribution in [2.24, 2.45) is 0 Å². The Bertz CT molecular complexity index is 346. The molecule has 19 heavy (non-hydrogen) atoms. The lowest BCUT2D eigenvalue weighted by atomic mass is 10.0. The molecule has 2 aliphatic rings. The number of esters is 1. The summed E-state index contributed by atoms with van der Waals surface area (Å²) in [5, 5.41) is 0. The average molecular weight is 268 g/mol. The number of hydrogen-bond acceptors (Lipinski definition) is 4. The van der Waals surface area contributed by atoms with E-state index >= 15 is 0 Å². The quantitative estimate of drug-likeness (QED) is 0.717. The standard InChI is InChI=1S/C14H24N2O3/c1-11-6-3-4-9-16(11)13(17)10-15-8-5-7-12(15)14(18)19-2/h11-12H,3-10H2,1-2H3/t11-,12-/m0/s1. The van der Waals surface area contributed by atoms with E-state index in [1.165, 1.54) is 13.5 Å². The van der Waals surface area contributed by atoms with Gasteiger partial charge in [-0.3, -0.25) is 14.5 Å². The summed E-state index contributed by atoms with van der Waals surface area (Å²) < 4.78 is 4.81.